The van der Waals surface area contributed by atoms with Crippen LogP contribution in [-0.4, -0.2) is 26.1 Å². The molecule has 0 saturated heterocycles. The number of fused-ring (bicyclic) bond motifs is 1. The third-order valence-electron chi connectivity index (χ3n) is 5.68. The fourth-order valence-corrected chi connectivity index (χ4v) is 5.36. The summed E-state index contributed by atoms with van der Waals surface area (Å²) in [6.07, 6.45) is 7.64. The first-order valence-corrected chi connectivity index (χ1v) is 12.3. The molecule has 0 unspecified atom stereocenters. The zero-order valence-corrected chi connectivity index (χ0v) is 20.8. The Hall–Kier alpha value is -2.90. The number of methoxy groups -OCH3 is 2. The van der Waals surface area contributed by atoms with Crippen LogP contribution in [0.4, 0.5) is 5.00 Å². The number of rotatable bonds is 6. The van der Waals surface area contributed by atoms with Gasteiger partial charge in [0.05, 0.1) is 14.2 Å². The summed E-state index contributed by atoms with van der Waals surface area (Å²) in [5.41, 5.74) is 5.57. The molecule has 0 atom stereocenters. The number of ether oxygens (including phenoxy) is 2. The maximum Gasteiger partial charge on any atom is 0.341 e. The molecule has 0 fully saturated rings. The highest BCUT2D eigenvalue weighted by Crippen LogP contribution is 2.38. The van der Waals surface area contributed by atoms with Crippen molar-refractivity contribution < 1.29 is 19.1 Å². The second-order valence-corrected chi connectivity index (χ2v) is 9.54. The highest BCUT2D eigenvalue weighted by Gasteiger charge is 2.23. The Labute approximate surface area is 205 Å². The van der Waals surface area contributed by atoms with Crippen LogP contribution in [0.15, 0.2) is 52.3 Å². The van der Waals surface area contributed by atoms with E-state index < -0.39 is 5.97 Å². The molecule has 33 heavy (non-hydrogen) atoms. The molecule has 0 saturated carbocycles. The molecule has 1 aromatic heterocycles. The molecule has 170 valence electrons. The molecule has 4 rings (SSSR count). The first-order chi connectivity index (χ1) is 16.0. The Balaban J connectivity index is 1.61. The smallest absolute Gasteiger partial charge is 0.341 e. The van der Waals surface area contributed by atoms with Gasteiger partial charge in [-0.15, -0.1) is 11.3 Å². The molecule has 1 aliphatic carbocycles. The molecular weight excluding hydrogens is 502 g/mol. The molecule has 1 N–H and O–H groups in total. The van der Waals surface area contributed by atoms with E-state index in [1.165, 1.54) is 48.5 Å². The van der Waals surface area contributed by atoms with E-state index in [4.69, 9.17) is 9.47 Å². The molecule has 2 aromatic carbocycles. The number of halogens is 1. The van der Waals surface area contributed by atoms with Gasteiger partial charge in [-0.3, -0.25) is 4.79 Å². The van der Waals surface area contributed by atoms with Crippen molar-refractivity contribution in [3.8, 4) is 16.9 Å². The van der Waals surface area contributed by atoms with E-state index in [2.05, 4.69) is 33.4 Å². The van der Waals surface area contributed by atoms with Gasteiger partial charge in [0.2, 0.25) is 5.91 Å². The summed E-state index contributed by atoms with van der Waals surface area (Å²) in [5, 5.41) is 5.20. The van der Waals surface area contributed by atoms with Gasteiger partial charge in [0.25, 0.3) is 0 Å². The average Bonchev–Trinajstić information content (AvgIpc) is 3.25. The molecular formula is C26H24BrNO4S. The van der Waals surface area contributed by atoms with Crippen LogP contribution in [0.25, 0.3) is 17.2 Å². The minimum atomic E-state index is -0.475. The lowest BCUT2D eigenvalue weighted by molar-refractivity contribution is -0.111. The SMILES string of the molecule is COC(=O)c1c(-c2ccc3c(c2)CCCC3)csc1NC(=O)/C=C/c1cc(Br)ccc1OC. The van der Waals surface area contributed by atoms with Gasteiger partial charge in [-0.1, -0.05) is 34.1 Å². The van der Waals surface area contributed by atoms with E-state index in [1.54, 1.807) is 13.2 Å². The van der Waals surface area contributed by atoms with Crippen molar-refractivity contribution in [2.24, 2.45) is 0 Å². The fraction of sp³-hybridized carbons (Fsp3) is 0.231. The lowest BCUT2D eigenvalue weighted by Crippen LogP contribution is -2.11. The van der Waals surface area contributed by atoms with Crippen molar-refractivity contribution in [3.05, 3.63) is 74.6 Å². The largest absolute Gasteiger partial charge is 0.496 e. The first-order valence-electron chi connectivity index (χ1n) is 10.6. The van der Waals surface area contributed by atoms with Crippen LogP contribution in [0.3, 0.4) is 0 Å². The molecule has 0 aliphatic heterocycles. The van der Waals surface area contributed by atoms with E-state index in [0.29, 0.717) is 16.3 Å². The lowest BCUT2D eigenvalue weighted by atomic mass is 9.89. The van der Waals surface area contributed by atoms with Crippen LogP contribution in [0.2, 0.25) is 0 Å². The van der Waals surface area contributed by atoms with Gasteiger partial charge in [0.1, 0.15) is 16.3 Å². The molecule has 1 aliphatic rings. The zero-order valence-electron chi connectivity index (χ0n) is 18.4. The Kier molecular flexibility index (Phi) is 7.30. The third kappa shape index (κ3) is 5.20. The highest BCUT2D eigenvalue weighted by atomic mass is 79.9. The maximum atomic E-state index is 12.7. The topological polar surface area (TPSA) is 64.6 Å². The molecule has 3 aromatic rings. The molecule has 0 spiro atoms. The normalized spacial score (nSPS) is 12.9. The van der Waals surface area contributed by atoms with Gasteiger partial charge < -0.3 is 14.8 Å². The summed E-state index contributed by atoms with van der Waals surface area (Å²) in [7, 11) is 2.93. The van der Waals surface area contributed by atoms with Crippen molar-refractivity contribution in [2.75, 3.05) is 19.5 Å². The maximum absolute atomic E-state index is 12.7. The first kappa shape index (κ1) is 23.3. The molecule has 0 bridgehead atoms. The van der Waals surface area contributed by atoms with Gasteiger partial charge in [0, 0.05) is 27.1 Å². The summed E-state index contributed by atoms with van der Waals surface area (Å²) in [4.78, 5) is 25.3. The summed E-state index contributed by atoms with van der Waals surface area (Å²) in [6, 6.07) is 11.9. The Morgan fingerprint density at radius 2 is 1.85 bits per heavy atom. The van der Waals surface area contributed by atoms with Gasteiger partial charge >= 0.3 is 5.97 Å². The third-order valence-corrected chi connectivity index (χ3v) is 7.07. The minimum absolute atomic E-state index is 0.346. The summed E-state index contributed by atoms with van der Waals surface area (Å²) >= 11 is 4.74. The van der Waals surface area contributed by atoms with Crippen molar-refractivity contribution in [3.63, 3.8) is 0 Å². The quantitative estimate of drug-likeness (QED) is 0.294. The molecule has 5 nitrogen and oxygen atoms in total. The molecule has 1 amide bonds. The number of hydrogen-bond acceptors (Lipinski definition) is 5. The summed E-state index contributed by atoms with van der Waals surface area (Å²) in [6.45, 7) is 0. The number of carbonyl (C=O) groups excluding carboxylic acids is 2. The van der Waals surface area contributed by atoms with Crippen LogP contribution in [0, 0.1) is 0 Å². The van der Waals surface area contributed by atoms with E-state index in [9.17, 15) is 9.59 Å². The van der Waals surface area contributed by atoms with Crippen LogP contribution >= 0.6 is 27.3 Å². The van der Waals surface area contributed by atoms with Crippen molar-refractivity contribution in [1.29, 1.82) is 0 Å². The number of anilines is 1. The minimum Gasteiger partial charge on any atom is -0.496 e. The van der Waals surface area contributed by atoms with Crippen LogP contribution in [-0.2, 0) is 22.4 Å². The summed E-state index contributed by atoms with van der Waals surface area (Å²) < 4.78 is 11.3. The lowest BCUT2D eigenvalue weighted by Gasteiger charge is -2.16. The molecule has 0 radical (unpaired) electrons. The van der Waals surface area contributed by atoms with Gasteiger partial charge in [-0.05, 0) is 66.6 Å². The fourth-order valence-electron chi connectivity index (χ4n) is 4.02. The average molecular weight is 526 g/mol. The Morgan fingerprint density at radius 1 is 1.06 bits per heavy atom. The predicted molar refractivity (Wildman–Crippen MR) is 136 cm³/mol. The zero-order chi connectivity index (χ0) is 23.4. The van der Waals surface area contributed by atoms with Crippen molar-refractivity contribution in [1.82, 2.24) is 0 Å². The van der Waals surface area contributed by atoms with Crippen LogP contribution < -0.4 is 10.1 Å². The second-order valence-electron chi connectivity index (χ2n) is 7.74. The number of aryl methyl sites for hydroxylation is 2. The van der Waals surface area contributed by atoms with Crippen LogP contribution in [0.5, 0.6) is 5.75 Å². The monoisotopic (exact) mass is 525 g/mol. The van der Waals surface area contributed by atoms with E-state index in [-0.39, 0.29) is 5.91 Å². The molecule has 7 heteroatoms. The standard InChI is InChI=1S/C26H24BrNO4S/c1-31-22-11-10-20(27)14-19(22)9-12-23(29)28-25-24(26(30)32-2)21(15-33-25)18-8-7-16-5-3-4-6-17(16)13-18/h7-15H,3-6H2,1-2H3,(H,28,29)/b12-9+. The van der Waals surface area contributed by atoms with Crippen LogP contribution in [0.1, 0.15) is 39.9 Å². The second kappa shape index (κ2) is 10.4. The number of benzene rings is 2. The van der Waals surface area contributed by atoms with Crippen molar-refractivity contribution in [2.45, 2.75) is 25.7 Å². The number of nitrogens with one attached hydrogen (secondary N) is 1. The Morgan fingerprint density at radius 3 is 2.61 bits per heavy atom. The van der Waals surface area contributed by atoms with Crippen molar-refractivity contribution >= 4 is 50.2 Å². The Bertz CT molecular complexity index is 1230. The van der Waals surface area contributed by atoms with Gasteiger partial charge in [0.15, 0.2) is 0 Å². The predicted octanol–water partition coefficient (Wildman–Crippen LogP) is 6.50. The summed E-state index contributed by atoms with van der Waals surface area (Å²) in [5.74, 6) is -0.166. The number of thiophene rings is 1. The van der Waals surface area contributed by atoms with Gasteiger partial charge in [-0.25, -0.2) is 4.79 Å². The van der Waals surface area contributed by atoms with E-state index >= 15 is 0 Å². The van der Waals surface area contributed by atoms with E-state index in [1.807, 2.05) is 29.6 Å². The van der Waals surface area contributed by atoms with Gasteiger partial charge in [-0.2, -0.15) is 0 Å². The van der Waals surface area contributed by atoms with E-state index in [0.717, 1.165) is 34.0 Å². The number of amides is 1. The number of hydrogen-bond donors (Lipinski definition) is 1. The number of carbonyl (C=O) groups is 2. The molecule has 1 heterocycles. The number of esters is 1. The highest BCUT2D eigenvalue weighted by molar-refractivity contribution is 9.10.